The zero-order valence-electron chi connectivity index (χ0n) is 13.4. The van der Waals surface area contributed by atoms with Crippen molar-refractivity contribution >= 4 is 23.2 Å². The largest absolute Gasteiger partial charge is 0.433 e. The van der Waals surface area contributed by atoms with E-state index < -0.39 is 6.61 Å². The molecule has 0 aliphatic carbocycles. The number of benzene rings is 1. The van der Waals surface area contributed by atoms with Crippen molar-refractivity contribution in [2.75, 3.05) is 32.1 Å². The topological polar surface area (TPSA) is 50.8 Å². The molecule has 1 saturated heterocycles. The van der Waals surface area contributed by atoms with Gasteiger partial charge in [0.15, 0.2) is 0 Å². The van der Waals surface area contributed by atoms with Crippen molar-refractivity contribution in [1.29, 1.82) is 0 Å². The summed E-state index contributed by atoms with van der Waals surface area (Å²) in [6.45, 7) is -1.28. The molecule has 1 atom stereocenters. The number of amides is 1. The summed E-state index contributed by atoms with van der Waals surface area (Å²) in [7, 11) is 1.85. The van der Waals surface area contributed by atoms with Gasteiger partial charge in [-0.3, -0.25) is 9.69 Å². The third-order valence-corrected chi connectivity index (χ3v) is 3.93. The number of hydrogen-bond donors (Lipinski definition) is 1. The Balaban J connectivity index is 1.81. The Morgan fingerprint density at radius 3 is 2.92 bits per heavy atom. The fraction of sp³-hybridized carbons (Fsp3) is 0.562. The highest BCUT2D eigenvalue weighted by molar-refractivity contribution is 6.32. The number of ether oxygens (including phenoxy) is 2. The Hall–Kier alpha value is -1.44. The second-order valence-corrected chi connectivity index (χ2v) is 6.16. The molecular formula is C16H21ClF2N2O3. The molecule has 1 aromatic rings. The normalized spacial score (nSPS) is 18.0. The van der Waals surface area contributed by atoms with Gasteiger partial charge in [-0.25, -0.2) is 0 Å². The summed E-state index contributed by atoms with van der Waals surface area (Å²) in [5, 5.41) is 2.69. The fourth-order valence-corrected chi connectivity index (χ4v) is 2.80. The molecule has 0 bridgehead atoms. The minimum Gasteiger partial charge on any atom is -0.433 e. The number of nitrogens with one attached hydrogen (secondary N) is 1. The highest BCUT2D eigenvalue weighted by Gasteiger charge is 2.17. The summed E-state index contributed by atoms with van der Waals surface area (Å²) in [6.07, 6.45) is 3.41. The van der Waals surface area contributed by atoms with Crippen molar-refractivity contribution in [1.82, 2.24) is 4.90 Å². The summed E-state index contributed by atoms with van der Waals surface area (Å²) in [5.41, 5.74) is 0.425. The van der Waals surface area contributed by atoms with Crippen LogP contribution in [0.2, 0.25) is 5.02 Å². The molecule has 134 valence electrons. The third kappa shape index (κ3) is 6.22. The molecule has 24 heavy (non-hydrogen) atoms. The predicted octanol–water partition coefficient (Wildman–Crippen LogP) is 3.38. The number of anilines is 1. The number of rotatable bonds is 7. The highest BCUT2D eigenvalue weighted by atomic mass is 35.5. The first-order chi connectivity index (χ1) is 11.4. The Morgan fingerprint density at radius 2 is 2.29 bits per heavy atom. The summed E-state index contributed by atoms with van der Waals surface area (Å²) < 4.78 is 34.3. The summed E-state index contributed by atoms with van der Waals surface area (Å²) in [6, 6.07) is 4.14. The molecule has 8 heteroatoms. The average Bonchev–Trinajstić information content (AvgIpc) is 2.50. The lowest BCUT2D eigenvalue weighted by atomic mass is 10.1. The molecule has 5 nitrogen and oxygen atoms in total. The quantitative estimate of drug-likeness (QED) is 0.808. The average molecular weight is 363 g/mol. The molecule has 1 aromatic carbocycles. The number of alkyl halides is 2. The summed E-state index contributed by atoms with van der Waals surface area (Å²) >= 11 is 5.85. The van der Waals surface area contributed by atoms with E-state index in [2.05, 4.69) is 10.1 Å². The van der Waals surface area contributed by atoms with E-state index in [9.17, 15) is 13.6 Å². The van der Waals surface area contributed by atoms with Gasteiger partial charge in [-0.15, -0.1) is 0 Å². The van der Waals surface area contributed by atoms with Gasteiger partial charge in [-0.05, 0) is 44.5 Å². The Labute approximate surface area is 144 Å². The van der Waals surface area contributed by atoms with Gasteiger partial charge in [0.1, 0.15) is 5.75 Å². The van der Waals surface area contributed by atoms with E-state index in [1.165, 1.54) is 18.2 Å². The Morgan fingerprint density at radius 1 is 1.50 bits per heavy atom. The maximum absolute atomic E-state index is 12.2. The van der Waals surface area contributed by atoms with Crippen molar-refractivity contribution < 1.29 is 23.0 Å². The first kappa shape index (κ1) is 18.9. The van der Waals surface area contributed by atoms with Gasteiger partial charge < -0.3 is 14.8 Å². The lowest BCUT2D eigenvalue weighted by Crippen LogP contribution is -2.37. The molecular weight excluding hydrogens is 342 g/mol. The van der Waals surface area contributed by atoms with Crippen LogP contribution in [0.1, 0.15) is 19.3 Å². The van der Waals surface area contributed by atoms with Gasteiger partial charge in [0.05, 0.1) is 17.7 Å². The first-order valence-corrected chi connectivity index (χ1v) is 8.16. The lowest BCUT2D eigenvalue weighted by Gasteiger charge is -2.27. The zero-order chi connectivity index (χ0) is 17.5. The number of nitrogens with zero attached hydrogens (tertiary/aromatic N) is 1. The van der Waals surface area contributed by atoms with E-state index in [0.717, 1.165) is 25.9 Å². The number of carbonyl (C=O) groups excluding carboxylic acids is 1. The second-order valence-electron chi connectivity index (χ2n) is 5.76. The van der Waals surface area contributed by atoms with Crippen LogP contribution in [0.3, 0.4) is 0 Å². The molecule has 0 radical (unpaired) electrons. The summed E-state index contributed by atoms with van der Waals surface area (Å²) in [4.78, 5) is 13.9. The van der Waals surface area contributed by atoms with Crippen LogP contribution in [0.5, 0.6) is 5.75 Å². The van der Waals surface area contributed by atoms with Crippen molar-refractivity contribution in [2.45, 2.75) is 32.0 Å². The van der Waals surface area contributed by atoms with Gasteiger partial charge in [-0.2, -0.15) is 8.78 Å². The van der Waals surface area contributed by atoms with Gasteiger partial charge in [0.2, 0.25) is 5.91 Å². The number of carbonyl (C=O) groups is 1. The van der Waals surface area contributed by atoms with E-state index >= 15 is 0 Å². The van der Waals surface area contributed by atoms with Crippen LogP contribution in [0, 0.1) is 0 Å². The van der Waals surface area contributed by atoms with E-state index in [1.54, 1.807) is 0 Å². The van der Waals surface area contributed by atoms with Gasteiger partial charge in [-0.1, -0.05) is 11.6 Å². The minimum absolute atomic E-state index is 0.0112. The number of hydrogen-bond acceptors (Lipinski definition) is 4. The number of likely N-dealkylation sites (N-methyl/N-ethyl adjacent to an activating group) is 1. The molecule has 1 unspecified atom stereocenters. The van der Waals surface area contributed by atoms with E-state index in [4.69, 9.17) is 16.3 Å². The third-order valence-electron chi connectivity index (χ3n) is 3.63. The van der Waals surface area contributed by atoms with Gasteiger partial charge in [0, 0.05) is 18.8 Å². The van der Waals surface area contributed by atoms with Crippen LogP contribution in [-0.4, -0.2) is 50.3 Å². The van der Waals surface area contributed by atoms with E-state index in [1.807, 2.05) is 11.9 Å². The first-order valence-electron chi connectivity index (χ1n) is 7.78. The maximum Gasteiger partial charge on any atom is 0.387 e. The van der Waals surface area contributed by atoms with Crippen molar-refractivity contribution in [3.8, 4) is 5.75 Å². The minimum atomic E-state index is -2.95. The molecule has 1 amide bonds. The van der Waals surface area contributed by atoms with Crippen molar-refractivity contribution in [2.24, 2.45) is 0 Å². The molecule has 0 aromatic heterocycles. The zero-order valence-corrected chi connectivity index (χ0v) is 14.2. The predicted molar refractivity (Wildman–Crippen MR) is 87.8 cm³/mol. The summed E-state index contributed by atoms with van der Waals surface area (Å²) in [5.74, 6) is -0.344. The SMILES string of the molecule is CN(CC(=O)Nc1ccc(OC(F)F)c(Cl)c1)CC1CCCCO1. The second kappa shape index (κ2) is 9.15. The monoisotopic (exact) mass is 362 g/mol. The molecule has 1 heterocycles. The van der Waals surface area contributed by atoms with Crippen LogP contribution in [0.25, 0.3) is 0 Å². The van der Waals surface area contributed by atoms with Crippen molar-refractivity contribution in [3.05, 3.63) is 23.2 Å². The van der Waals surface area contributed by atoms with Crippen molar-refractivity contribution in [3.63, 3.8) is 0 Å². The van der Waals surface area contributed by atoms with E-state index in [0.29, 0.717) is 12.2 Å². The lowest BCUT2D eigenvalue weighted by molar-refractivity contribution is -0.117. The smallest absolute Gasteiger partial charge is 0.387 e. The highest BCUT2D eigenvalue weighted by Crippen LogP contribution is 2.28. The Bertz CT molecular complexity index is 554. The van der Waals surface area contributed by atoms with Crippen LogP contribution in [-0.2, 0) is 9.53 Å². The number of halogens is 3. The molecule has 1 N–H and O–H groups in total. The fourth-order valence-electron chi connectivity index (χ4n) is 2.58. The molecule has 1 aliphatic heterocycles. The van der Waals surface area contributed by atoms with Crippen LogP contribution < -0.4 is 10.1 Å². The van der Waals surface area contributed by atoms with Gasteiger partial charge >= 0.3 is 6.61 Å². The maximum atomic E-state index is 12.2. The standard InChI is InChI=1S/C16H21ClF2N2O3/c1-21(9-12-4-2-3-7-23-12)10-15(22)20-11-5-6-14(13(17)8-11)24-16(18)19/h5-6,8,12,16H,2-4,7,9-10H2,1H3,(H,20,22). The van der Waals surface area contributed by atoms with E-state index in [-0.39, 0.29) is 29.3 Å². The van der Waals surface area contributed by atoms with Gasteiger partial charge in [0.25, 0.3) is 0 Å². The molecule has 0 spiro atoms. The van der Waals surface area contributed by atoms with Crippen LogP contribution >= 0.6 is 11.6 Å². The van der Waals surface area contributed by atoms with Crippen LogP contribution in [0.4, 0.5) is 14.5 Å². The molecule has 2 rings (SSSR count). The molecule has 1 aliphatic rings. The molecule has 0 saturated carbocycles. The molecule has 1 fully saturated rings. The Kier molecular flexibility index (Phi) is 7.20. The van der Waals surface area contributed by atoms with Crippen LogP contribution in [0.15, 0.2) is 18.2 Å².